The fourth-order valence-corrected chi connectivity index (χ4v) is 2.87. The molecule has 0 saturated heterocycles. The predicted molar refractivity (Wildman–Crippen MR) is 91.7 cm³/mol. The molecule has 122 valence electrons. The lowest BCUT2D eigenvalue weighted by Gasteiger charge is -2.20. The molecule has 0 radical (unpaired) electrons. The summed E-state index contributed by atoms with van der Waals surface area (Å²) in [6, 6.07) is 12.7. The van der Waals surface area contributed by atoms with Crippen LogP contribution in [0.25, 0.3) is 0 Å². The molecule has 1 fully saturated rings. The van der Waals surface area contributed by atoms with Gasteiger partial charge in [-0.3, -0.25) is 4.79 Å². The van der Waals surface area contributed by atoms with E-state index in [4.69, 9.17) is 5.26 Å². The second-order valence-corrected chi connectivity index (χ2v) is 5.95. The Hall–Kier alpha value is -2.94. The number of benzene rings is 1. The molecule has 24 heavy (non-hydrogen) atoms. The molecule has 0 bridgehead atoms. The third-order valence-corrected chi connectivity index (χ3v) is 4.16. The van der Waals surface area contributed by atoms with Crippen LogP contribution in [0.5, 0.6) is 0 Å². The zero-order valence-corrected chi connectivity index (χ0v) is 13.3. The van der Waals surface area contributed by atoms with E-state index in [1.165, 1.54) is 6.42 Å². The van der Waals surface area contributed by atoms with Crippen LogP contribution in [0.2, 0.25) is 0 Å². The van der Waals surface area contributed by atoms with Gasteiger partial charge >= 0.3 is 0 Å². The van der Waals surface area contributed by atoms with Gasteiger partial charge in [0.25, 0.3) is 0 Å². The van der Waals surface area contributed by atoms with E-state index in [0.29, 0.717) is 17.2 Å². The van der Waals surface area contributed by atoms with Crippen LogP contribution >= 0.6 is 0 Å². The Bertz CT molecular complexity index is 745. The van der Waals surface area contributed by atoms with Crippen molar-refractivity contribution in [3.63, 3.8) is 0 Å². The Morgan fingerprint density at radius 3 is 2.54 bits per heavy atom. The van der Waals surface area contributed by atoms with Crippen molar-refractivity contribution in [1.29, 1.82) is 5.26 Å². The van der Waals surface area contributed by atoms with Crippen molar-refractivity contribution in [1.82, 2.24) is 10.2 Å². The summed E-state index contributed by atoms with van der Waals surface area (Å²) in [6.45, 7) is 0. The number of nitrogens with zero attached hydrogens (tertiary/aromatic N) is 3. The van der Waals surface area contributed by atoms with Crippen LogP contribution in [0.1, 0.15) is 37.7 Å². The monoisotopic (exact) mass is 321 g/mol. The van der Waals surface area contributed by atoms with Crippen molar-refractivity contribution in [2.45, 2.75) is 32.1 Å². The highest BCUT2D eigenvalue weighted by atomic mass is 16.1. The topological polar surface area (TPSA) is 90.7 Å². The molecule has 1 amide bonds. The lowest BCUT2D eigenvalue weighted by Crippen LogP contribution is -2.25. The number of hydrogen-bond donors (Lipinski definition) is 2. The SMILES string of the molecule is N#Cc1cccc(Nc2ccc(NC(=O)C3CCCCC3)nn2)c1. The van der Waals surface area contributed by atoms with E-state index in [0.717, 1.165) is 31.4 Å². The maximum absolute atomic E-state index is 12.2. The number of nitrogens with one attached hydrogen (secondary N) is 2. The van der Waals surface area contributed by atoms with Gasteiger partial charge in [0.05, 0.1) is 11.6 Å². The Morgan fingerprint density at radius 1 is 1.08 bits per heavy atom. The molecular weight excluding hydrogens is 302 g/mol. The number of nitriles is 1. The van der Waals surface area contributed by atoms with Crippen molar-refractivity contribution >= 4 is 23.2 Å². The normalized spacial score (nSPS) is 14.6. The van der Waals surface area contributed by atoms with E-state index >= 15 is 0 Å². The Labute approximate surface area is 140 Å². The molecule has 1 aliphatic carbocycles. The fraction of sp³-hybridized carbons (Fsp3) is 0.333. The van der Waals surface area contributed by atoms with E-state index in [2.05, 4.69) is 26.9 Å². The average molecular weight is 321 g/mol. The van der Waals surface area contributed by atoms with Gasteiger partial charge in [-0.15, -0.1) is 10.2 Å². The van der Waals surface area contributed by atoms with Crippen molar-refractivity contribution in [2.24, 2.45) is 5.92 Å². The average Bonchev–Trinajstić information content (AvgIpc) is 2.64. The van der Waals surface area contributed by atoms with E-state index in [1.54, 1.807) is 30.3 Å². The number of hydrogen-bond acceptors (Lipinski definition) is 5. The third kappa shape index (κ3) is 4.07. The maximum Gasteiger partial charge on any atom is 0.228 e. The number of aromatic nitrogens is 2. The van der Waals surface area contributed by atoms with E-state index in [-0.39, 0.29) is 11.8 Å². The largest absolute Gasteiger partial charge is 0.339 e. The highest BCUT2D eigenvalue weighted by molar-refractivity contribution is 5.91. The number of amides is 1. The van der Waals surface area contributed by atoms with Crippen LogP contribution in [0.15, 0.2) is 36.4 Å². The molecule has 6 nitrogen and oxygen atoms in total. The third-order valence-electron chi connectivity index (χ3n) is 4.16. The number of anilines is 3. The molecule has 0 unspecified atom stereocenters. The molecule has 0 spiro atoms. The summed E-state index contributed by atoms with van der Waals surface area (Å²) in [7, 11) is 0. The lowest BCUT2D eigenvalue weighted by atomic mass is 9.89. The van der Waals surface area contributed by atoms with Crippen LogP contribution in [0.4, 0.5) is 17.3 Å². The first-order chi connectivity index (χ1) is 11.7. The Morgan fingerprint density at radius 2 is 1.83 bits per heavy atom. The first kappa shape index (κ1) is 15.9. The summed E-state index contributed by atoms with van der Waals surface area (Å²) < 4.78 is 0. The minimum atomic E-state index is 0.0337. The van der Waals surface area contributed by atoms with E-state index in [1.807, 2.05) is 6.07 Å². The summed E-state index contributed by atoms with van der Waals surface area (Å²) >= 11 is 0. The summed E-state index contributed by atoms with van der Waals surface area (Å²) in [6.07, 6.45) is 5.36. The first-order valence-corrected chi connectivity index (χ1v) is 8.16. The zero-order valence-electron chi connectivity index (χ0n) is 13.3. The van der Waals surface area contributed by atoms with Gasteiger partial charge in [-0.1, -0.05) is 25.3 Å². The van der Waals surface area contributed by atoms with Gasteiger partial charge in [-0.05, 0) is 43.2 Å². The summed E-state index contributed by atoms with van der Waals surface area (Å²) in [4.78, 5) is 12.2. The highest BCUT2D eigenvalue weighted by Gasteiger charge is 2.21. The molecule has 0 aliphatic heterocycles. The summed E-state index contributed by atoms with van der Waals surface area (Å²) in [5, 5.41) is 22.9. The molecule has 2 aromatic rings. The molecule has 1 aromatic carbocycles. The van der Waals surface area contributed by atoms with Gasteiger partial charge in [-0.2, -0.15) is 5.26 Å². The first-order valence-electron chi connectivity index (χ1n) is 8.16. The number of rotatable bonds is 4. The fourth-order valence-electron chi connectivity index (χ4n) is 2.87. The number of carbonyl (C=O) groups is 1. The summed E-state index contributed by atoms with van der Waals surface area (Å²) in [5.74, 6) is 1.14. The standard InChI is InChI=1S/C18H19N5O/c19-12-13-5-4-8-15(11-13)20-16-9-10-17(23-22-16)21-18(24)14-6-2-1-3-7-14/h4-5,8-11,14H,1-3,6-7H2,(H,20,22)(H,21,23,24). The molecule has 1 saturated carbocycles. The maximum atomic E-state index is 12.2. The van der Waals surface area contributed by atoms with Gasteiger partial charge in [0.15, 0.2) is 11.6 Å². The minimum absolute atomic E-state index is 0.0337. The van der Waals surface area contributed by atoms with Gasteiger partial charge in [0.2, 0.25) is 5.91 Å². The molecule has 1 aliphatic rings. The molecule has 3 rings (SSSR count). The van der Waals surface area contributed by atoms with Gasteiger partial charge in [-0.25, -0.2) is 0 Å². The highest BCUT2D eigenvalue weighted by Crippen LogP contribution is 2.24. The number of carbonyl (C=O) groups excluding carboxylic acids is 1. The zero-order chi connectivity index (χ0) is 16.8. The molecular formula is C18H19N5O. The van der Waals surface area contributed by atoms with Crippen molar-refractivity contribution < 1.29 is 4.79 Å². The Balaban J connectivity index is 1.60. The predicted octanol–water partition coefficient (Wildman–Crippen LogP) is 3.61. The minimum Gasteiger partial charge on any atom is -0.339 e. The molecule has 1 aromatic heterocycles. The van der Waals surface area contributed by atoms with Crippen LogP contribution in [-0.2, 0) is 4.79 Å². The van der Waals surface area contributed by atoms with Crippen molar-refractivity contribution in [3.05, 3.63) is 42.0 Å². The van der Waals surface area contributed by atoms with Crippen LogP contribution in [0.3, 0.4) is 0 Å². The van der Waals surface area contributed by atoms with Crippen molar-refractivity contribution in [2.75, 3.05) is 10.6 Å². The molecule has 6 heteroatoms. The van der Waals surface area contributed by atoms with E-state index in [9.17, 15) is 4.79 Å². The van der Waals surface area contributed by atoms with Gasteiger partial charge < -0.3 is 10.6 Å². The summed E-state index contributed by atoms with van der Waals surface area (Å²) in [5.41, 5.74) is 1.34. The Kier molecular flexibility index (Phi) is 5.02. The lowest BCUT2D eigenvalue weighted by molar-refractivity contribution is -0.120. The second-order valence-electron chi connectivity index (χ2n) is 5.95. The molecule has 1 heterocycles. The van der Waals surface area contributed by atoms with Crippen molar-refractivity contribution in [3.8, 4) is 6.07 Å². The van der Waals surface area contributed by atoms with Crippen LogP contribution < -0.4 is 10.6 Å². The van der Waals surface area contributed by atoms with Gasteiger partial charge in [0, 0.05) is 11.6 Å². The van der Waals surface area contributed by atoms with E-state index < -0.39 is 0 Å². The van der Waals surface area contributed by atoms with Gasteiger partial charge in [0.1, 0.15) is 0 Å². The molecule has 0 atom stereocenters. The smallest absolute Gasteiger partial charge is 0.228 e. The van der Waals surface area contributed by atoms with Crippen LogP contribution in [0, 0.1) is 17.2 Å². The van der Waals surface area contributed by atoms with Crippen LogP contribution in [-0.4, -0.2) is 16.1 Å². The molecule has 2 N–H and O–H groups in total. The second kappa shape index (κ2) is 7.55. The quantitative estimate of drug-likeness (QED) is 0.897.